The van der Waals surface area contributed by atoms with Crippen LogP contribution in [0.25, 0.3) is 11.4 Å². The molecular weight excluding hydrogens is 342 g/mol. The zero-order chi connectivity index (χ0) is 15.5. The average Bonchev–Trinajstić information content (AvgIpc) is 2.99. The number of hydrogen-bond donors (Lipinski definition) is 0. The fourth-order valence-electron chi connectivity index (χ4n) is 2.18. The molecule has 0 aliphatic rings. The Kier molecular flexibility index (Phi) is 4.24. The normalized spacial score (nSPS) is 10.7. The lowest BCUT2D eigenvalue weighted by Gasteiger charge is -2.04. The van der Waals surface area contributed by atoms with E-state index >= 15 is 0 Å². The van der Waals surface area contributed by atoms with Crippen LogP contribution in [0.5, 0.6) is 5.75 Å². The predicted molar refractivity (Wildman–Crippen MR) is 90.0 cm³/mol. The topological polar surface area (TPSA) is 39.9 Å². The number of pyridine rings is 1. The summed E-state index contributed by atoms with van der Waals surface area (Å²) in [5.74, 6) is 0.861. The third-order valence-electron chi connectivity index (χ3n) is 3.45. The highest BCUT2D eigenvalue weighted by molar-refractivity contribution is 9.10. The molecular formula is C17H16BrN3O. The zero-order valence-corrected chi connectivity index (χ0v) is 14.0. The molecule has 5 heteroatoms. The van der Waals surface area contributed by atoms with Gasteiger partial charge in [-0.25, -0.2) is 0 Å². The van der Waals surface area contributed by atoms with Crippen LogP contribution in [-0.2, 0) is 6.54 Å². The smallest absolute Gasteiger partial charge is 0.118 e. The van der Waals surface area contributed by atoms with E-state index < -0.39 is 0 Å². The first-order chi connectivity index (χ1) is 10.7. The number of ether oxygens (including phenoxy) is 1. The summed E-state index contributed by atoms with van der Waals surface area (Å²) in [4.78, 5) is 4.41. The van der Waals surface area contributed by atoms with Gasteiger partial charge in [-0.05, 0) is 58.2 Å². The Balaban J connectivity index is 1.79. The molecule has 0 amide bonds. The third-order valence-corrected chi connectivity index (χ3v) is 4.28. The predicted octanol–water partition coefficient (Wildman–Crippen LogP) is 4.07. The van der Waals surface area contributed by atoms with Gasteiger partial charge in [0.15, 0.2) is 0 Å². The lowest BCUT2D eigenvalue weighted by molar-refractivity contribution is 0.414. The van der Waals surface area contributed by atoms with Crippen LogP contribution in [0.2, 0.25) is 0 Å². The van der Waals surface area contributed by atoms with E-state index in [1.807, 2.05) is 60.4 Å². The molecule has 0 radical (unpaired) electrons. The SMILES string of the molecule is COc1ccc(Cn2ccc(-c3cc(C)c(Br)cn3)n2)cc1. The zero-order valence-electron chi connectivity index (χ0n) is 12.5. The molecule has 0 aliphatic heterocycles. The van der Waals surface area contributed by atoms with Gasteiger partial charge in [0.1, 0.15) is 11.4 Å². The van der Waals surface area contributed by atoms with Crippen LogP contribution in [-0.4, -0.2) is 21.9 Å². The maximum atomic E-state index is 5.17. The quantitative estimate of drug-likeness (QED) is 0.706. The van der Waals surface area contributed by atoms with Crippen LogP contribution >= 0.6 is 15.9 Å². The lowest BCUT2D eigenvalue weighted by atomic mass is 10.2. The molecule has 0 N–H and O–H groups in total. The molecule has 0 atom stereocenters. The van der Waals surface area contributed by atoms with Gasteiger partial charge in [0.2, 0.25) is 0 Å². The average molecular weight is 358 g/mol. The van der Waals surface area contributed by atoms with Crippen molar-refractivity contribution in [2.45, 2.75) is 13.5 Å². The van der Waals surface area contributed by atoms with Gasteiger partial charge in [0, 0.05) is 16.9 Å². The molecule has 22 heavy (non-hydrogen) atoms. The Morgan fingerprint density at radius 1 is 1.14 bits per heavy atom. The largest absolute Gasteiger partial charge is 0.497 e. The highest BCUT2D eigenvalue weighted by Gasteiger charge is 2.06. The standard InChI is InChI=1S/C17H16BrN3O/c1-12-9-17(19-10-15(12)18)16-7-8-21(20-16)11-13-3-5-14(22-2)6-4-13/h3-10H,11H2,1-2H3. The second kappa shape index (κ2) is 6.32. The summed E-state index contributed by atoms with van der Waals surface area (Å²) in [7, 11) is 1.67. The first kappa shape index (κ1) is 14.8. The van der Waals surface area contributed by atoms with Crippen LogP contribution in [0.4, 0.5) is 0 Å². The van der Waals surface area contributed by atoms with Gasteiger partial charge in [0.25, 0.3) is 0 Å². The van der Waals surface area contributed by atoms with E-state index in [9.17, 15) is 0 Å². The van der Waals surface area contributed by atoms with Crippen molar-refractivity contribution in [1.29, 1.82) is 0 Å². The van der Waals surface area contributed by atoms with E-state index in [0.717, 1.165) is 33.7 Å². The molecule has 4 nitrogen and oxygen atoms in total. The Bertz CT molecular complexity index is 781. The molecule has 0 fully saturated rings. The van der Waals surface area contributed by atoms with Crippen molar-refractivity contribution in [1.82, 2.24) is 14.8 Å². The molecule has 0 saturated heterocycles. The van der Waals surface area contributed by atoms with Crippen LogP contribution in [0.1, 0.15) is 11.1 Å². The molecule has 2 aromatic heterocycles. The van der Waals surface area contributed by atoms with Gasteiger partial charge in [0.05, 0.1) is 19.3 Å². The summed E-state index contributed by atoms with van der Waals surface area (Å²) >= 11 is 3.46. The minimum Gasteiger partial charge on any atom is -0.497 e. The van der Waals surface area contributed by atoms with Crippen molar-refractivity contribution in [2.24, 2.45) is 0 Å². The highest BCUT2D eigenvalue weighted by atomic mass is 79.9. The van der Waals surface area contributed by atoms with Crippen molar-refractivity contribution in [3.05, 3.63) is 64.4 Å². The van der Waals surface area contributed by atoms with Crippen molar-refractivity contribution in [3.8, 4) is 17.1 Å². The van der Waals surface area contributed by atoms with Crippen molar-refractivity contribution in [2.75, 3.05) is 7.11 Å². The van der Waals surface area contributed by atoms with E-state index in [2.05, 4.69) is 26.0 Å². The van der Waals surface area contributed by atoms with E-state index in [-0.39, 0.29) is 0 Å². The number of aryl methyl sites for hydroxylation is 1. The third kappa shape index (κ3) is 3.20. The van der Waals surface area contributed by atoms with Crippen molar-refractivity contribution in [3.63, 3.8) is 0 Å². The molecule has 1 aromatic carbocycles. The number of halogens is 1. The second-order valence-electron chi connectivity index (χ2n) is 5.07. The molecule has 0 unspecified atom stereocenters. The molecule has 3 rings (SSSR count). The molecule has 0 bridgehead atoms. The maximum Gasteiger partial charge on any atom is 0.118 e. The highest BCUT2D eigenvalue weighted by Crippen LogP contribution is 2.21. The first-order valence-electron chi connectivity index (χ1n) is 6.94. The van der Waals surface area contributed by atoms with E-state index in [0.29, 0.717) is 0 Å². The molecule has 0 aliphatic carbocycles. The molecule has 0 saturated carbocycles. The van der Waals surface area contributed by atoms with E-state index in [1.165, 1.54) is 5.56 Å². The lowest BCUT2D eigenvalue weighted by Crippen LogP contribution is -2.00. The Morgan fingerprint density at radius 2 is 1.91 bits per heavy atom. The molecule has 112 valence electrons. The van der Waals surface area contributed by atoms with Gasteiger partial charge in [-0.15, -0.1) is 0 Å². The number of nitrogens with zero attached hydrogens (tertiary/aromatic N) is 3. The number of rotatable bonds is 4. The van der Waals surface area contributed by atoms with Crippen LogP contribution in [0.15, 0.2) is 53.3 Å². The second-order valence-corrected chi connectivity index (χ2v) is 5.92. The summed E-state index contributed by atoms with van der Waals surface area (Å²) in [6, 6.07) is 12.0. The van der Waals surface area contributed by atoms with E-state index in [4.69, 9.17) is 4.74 Å². The van der Waals surface area contributed by atoms with Gasteiger partial charge >= 0.3 is 0 Å². The number of aromatic nitrogens is 3. The van der Waals surface area contributed by atoms with Gasteiger partial charge < -0.3 is 4.74 Å². The fraction of sp³-hybridized carbons (Fsp3) is 0.176. The van der Waals surface area contributed by atoms with Crippen LogP contribution in [0.3, 0.4) is 0 Å². The summed E-state index contributed by atoms with van der Waals surface area (Å²) in [5, 5.41) is 4.60. The Hall–Kier alpha value is -2.14. The Labute approximate surface area is 137 Å². The molecule has 2 heterocycles. The van der Waals surface area contributed by atoms with Gasteiger partial charge in [-0.3, -0.25) is 9.67 Å². The monoisotopic (exact) mass is 357 g/mol. The Morgan fingerprint density at radius 3 is 2.59 bits per heavy atom. The van der Waals surface area contributed by atoms with Gasteiger partial charge in [-0.2, -0.15) is 5.10 Å². The summed E-state index contributed by atoms with van der Waals surface area (Å²) in [6.45, 7) is 2.77. The fourth-order valence-corrected chi connectivity index (χ4v) is 2.40. The van der Waals surface area contributed by atoms with Crippen LogP contribution < -0.4 is 4.74 Å². The van der Waals surface area contributed by atoms with Gasteiger partial charge in [-0.1, -0.05) is 12.1 Å². The summed E-state index contributed by atoms with van der Waals surface area (Å²) in [5.41, 5.74) is 4.09. The van der Waals surface area contributed by atoms with E-state index in [1.54, 1.807) is 7.11 Å². The summed E-state index contributed by atoms with van der Waals surface area (Å²) < 4.78 is 8.09. The minimum atomic E-state index is 0.722. The van der Waals surface area contributed by atoms with Crippen molar-refractivity contribution < 1.29 is 4.74 Å². The number of methoxy groups -OCH3 is 1. The molecule has 3 aromatic rings. The van der Waals surface area contributed by atoms with Crippen molar-refractivity contribution >= 4 is 15.9 Å². The maximum absolute atomic E-state index is 5.17. The molecule has 0 spiro atoms. The number of hydrogen-bond acceptors (Lipinski definition) is 3. The van der Waals surface area contributed by atoms with Crippen LogP contribution in [0, 0.1) is 6.92 Å². The minimum absolute atomic E-state index is 0.722. The number of benzene rings is 1. The first-order valence-corrected chi connectivity index (χ1v) is 7.74. The summed E-state index contributed by atoms with van der Waals surface area (Å²) in [6.07, 6.45) is 3.78.